The number of hydrogen-bond donors (Lipinski definition) is 5. The molecule has 10 nitrogen and oxygen atoms in total. The van der Waals surface area contributed by atoms with Crippen molar-refractivity contribution < 1.29 is 14.7 Å². The van der Waals surface area contributed by atoms with Gasteiger partial charge in [0.25, 0.3) is 5.91 Å². The number of aromatic nitrogens is 2. The first-order chi connectivity index (χ1) is 14.7. The number of carbonyl (C=O) groups is 2. The smallest absolute Gasteiger partial charge is 0.323 e. The van der Waals surface area contributed by atoms with Crippen molar-refractivity contribution in [2.75, 3.05) is 10.6 Å². The Balaban J connectivity index is 1.76. The number of nitrogens with zero attached hydrogens (tertiary/aromatic N) is 2. The number of nitrogens with one attached hydrogen (secondary N) is 4. The number of aromatic amines is 2. The number of azo groups is 1. The van der Waals surface area contributed by atoms with Gasteiger partial charge in [-0.15, -0.1) is 5.11 Å². The standard InChI is InChI=1S/C21H22N6O4/c1-11(2)19(29)22-13-5-4-6-14(9-13)23-20(30)18(12(3)28)27-26-15-7-8-16-17(10-15)25-21(31)24-16/h4-11,28H,1-3H3,(H,22,29)(H,23,30)(H2,24,25,31). The zero-order valence-corrected chi connectivity index (χ0v) is 17.2. The molecule has 0 saturated carbocycles. The summed E-state index contributed by atoms with van der Waals surface area (Å²) in [4.78, 5) is 41.0. The number of aliphatic hydroxyl groups is 1. The maximum absolute atomic E-state index is 12.6. The van der Waals surface area contributed by atoms with Crippen LogP contribution in [0.3, 0.4) is 0 Å². The molecule has 0 aliphatic heterocycles. The van der Waals surface area contributed by atoms with Gasteiger partial charge in [-0.1, -0.05) is 19.9 Å². The van der Waals surface area contributed by atoms with Gasteiger partial charge in [0.2, 0.25) is 5.91 Å². The predicted molar refractivity (Wildman–Crippen MR) is 117 cm³/mol. The third-order valence-electron chi connectivity index (χ3n) is 4.24. The molecule has 10 heteroatoms. The maximum atomic E-state index is 12.6. The molecule has 0 radical (unpaired) electrons. The van der Waals surface area contributed by atoms with Crippen LogP contribution in [0.15, 0.2) is 68.9 Å². The van der Waals surface area contributed by atoms with Crippen LogP contribution in [0.4, 0.5) is 17.1 Å². The molecule has 0 unspecified atom stereocenters. The van der Waals surface area contributed by atoms with Crippen LogP contribution in [-0.2, 0) is 9.59 Å². The first kappa shape index (κ1) is 21.5. The van der Waals surface area contributed by atoms with Crippen LogP contribution in [0.5, 0.6) is 0 Å². The topological polar surface area (TPSA) is 152 Å². The number of hydrogen-bond acceptors (Lipinski definition) is 6. The molecule has 5 N–H and O–H groups in total. The Morgan fingerprint density at radius 3 is 2.35 bits per heavy atom. The number of anilines is 2. The van der Waals surface area contributed by atoms with Crippen molar-refractivity contribution in [2.45, 2.75) is 20.8 Å². The number of fused-ring (bicyclic) bond motifs is 1. The van der Waals surface area contributed by atoms with E-state index in [1.807, 2.05) is 0 Å². The Labute approximate surface area is 177 Å². The van der Waals surface area contributed by atoms with E-state index in [1.165, 1.54) is 6.92 Å². The number of benzene rings is 2. The zero-order chi connectivity index (χ0) is 22.5. The van der Waals surface area contributed by atoms with E-state index in [9.17, 15) is 19.5 Å². The predicted octanol–water partition coefficient (Wildman–Crippen LogP) is 3.96. The van der Waals surface area contributed by atoms with Crippen molar-refractivity contribution in [3.8, 4) is 0 Å². The molecule has 0 aliphatic carbocycles. The first-order valence-corrected chi connectivity index (χ1v) is 9.49. The molecule has 0 spiro atoms. The van der Waals surface area contributed by atoms with E-state index in [2.05, 4.69) is 30.8 Å². The molecule has 0 aliphatic rings. The van der Waals surface area contributed by atoms with Gasteiger partial charge in [-0.05, 0) is 43.3 Å². The minimum Gasteiger partial charge on any atom is -0.510 e. The molecule has 3 rings (SSSR count). The fourth-order valence-electron chi connectivity index (χ4n) is 2.62. The van der Waals surface area contributed by atoms with Crippen LogP contribution in [0.2, 0.25) is 0 Å². The van der Waals surface area contributed by atoms with Gasteiger partial charge >= 0.3 is 5.69 Å². The summed E-state index contributed by atoms with van der Waals surface area (Å²) in [6.45, 7) is 4.87. The Hall–Kier alpha value is -4.21. The minimum atomic E-state index is -0.674. The third kappa shape index (κ3) is 5.44. The second kappa shape index (κ2) is 9.08. The normalized spacial score (nSPS) is 12.3. The van der Waals surface area contributed by atoms with E-state index in [-0.39, 0.29) is 29.0 Å². The number of carbonyl (C=O) groups excluding carboxylic acids is 2. The fourth-order valence-corrected chi connectivity index (χ4v) is 2.62. The largest absolute Gasteiger partial charge is 0.510 e. The highest BCUT2D eigenvalue weighted by Crippen LogP contribution is 2.21. The lowest BCUT2D eigenvalue weighted by Crippen LogP contribution is -2.18. The summed E-state index contributed by atoms with van der Waals surface area (Å²) in [6.07, 6.45) is 0. The second-order valence-corrected chi connectivity index (χ2v) is 7.12. The average molecular weight is 422 g/mol. The van der Waals surface area contributed by atoms with Crippen molar-refractivity contribution >= 4 is 39.9 Å². The van der Waals surface area contributed by atoms with E-state index in [1.54, 1.807) is 56.3 Å². The van der Waals surface area contributed by atoms with Gasteiger partial charge in [0.05, 0.1) is 16.7 Å². The average Bonchev–Trinajstić information content (AvgIpc) is 3.07. The van der Waals surface area contributed by atoms with Gasteiger partial charge in [0, 0.05) is 17.3 Å². The summed E-state index contributed by atoms with van der Waals surface area (Å²) in [6, 6.07) is 11.4. The van der Waals surface area contributed by atoms with Crippen molar-refractivity contribution in [1.29, 1.82) is 0 Å². The highest BCUT2D eigenvalue weighted by Gasteiger charge is 2.14. The molecule has 160 valence electrons. The van der Waals surface area contributed by atoms with Gasteiger partial charge in [0.15, 0.2) is 5.70 Å². The van der Waals surface area contributed by atoms with Crippen LogP contribution < -0.4 is 16.3 Å². The molecule has 0 saturated heterocycles. The van der Waals surface area contributed by atoms with E-state index in [0.29, 0.717) is 28.1 Å². The van der Waals surface area contributed by atoms with Crippen LogP contribution in [0, 0.1) is 5.92 Å². The second-order valence-electron chi connectivity index (χ2n) is 7.12. The number of amides is 2. The lowest BCUT2D eigenvalue weighted by molar-refractivity contribution is -0.119. The van der Waals surface area contributed by atoms with Crippen molar-refractivity contribution in [1.82, 2.24) is 9.97 Å². The van der Waals surface area contributed by atoms with Gasteiger partial charge in [0.1, 0.15) is 5.76 Å². The molecule has 1 aromatic heterocycles. The van der Waals surface area contributed by atoms with Crippen molar-refractivity contribution in [3.63, 3.8) is 0 Å². The van der Waals surface area contributed by atoms with Crippen LogP contribution in [0.1, 0.15) is 20.8 Å². The summed E-state index contributed by atoms with van der Waals surface area (Å²) in [5.41, 5.74) is 1.84. The Kier molecular flexibility index (Phi) is 6.29. The SMILES string of the molecule is CC(O)=C(N=Nc1ccc2[nH]c(=O)[nH]c2c1)C(=O)Nc1cccc(NC(=O)C(C)C)c1. The third-order valence-corrected chi connectivity index (χ3v) is 4.24. The quantitative estimate of drug-likeness (QED) is 0.232. The van der Waals surface area contributed by atoms with E-state index < -0.39 is 5.91 Å². The highest BCUT2D eigenvalue weighted by atomic mass is 16.3. The number of imidazole rings is 1. The molecule has 0 fully saturated rings. The van der Waals surface area contributed by atoms with Crippen LogP contribution >= 0.6 is 0 Å². The molecule has 2 amide bonds. The van der Waals surface area contributed by atoms with Gasteiger partial charge < -0.3 is 25.7 Å². The highest BCUT2D eigenvalue weighted by molar-refractivity contribution is 6.04. The lowest BCUT2D eigenvalue weighted by Gasteiger charge is -2.10. The summed E-state index contributed by atoms with van der Waals surface area (Å²) in [5.74, 6) is -1.33. The van der Waals surface area contributed by atoms with Gasteiger partial charge in [-0.25, -0.2) is 4.79 Å². The summed E-state index contributed by atoms with van der Waals surface area (Å²) in [7, 11) is 0. The Morgan fingerprint density at radius 2 is 1.68 bits per heavy atom. The number of allylic oxidation sites excluding steroid dienone is 1. The lowest BCUT2D eigenvalue weighted by atomic mass is 10.2. The molecular formula is C21H22N6O4. The van der Waals surface area contributed by atoms with E-state index in [4.69, 9.17) is 0 Å². The fraction of sp³-hybridized carbons (Fsp3) is 0.190. The Bertz CT molecular complexity index is 1250. The number of aliphatic hydroxyl groups excluding tert-OH is 1. The maximum Gasteiger partial charge on any atom is 0.323 e. The molecular weight excluding hydrogens is 400 g/mol. The number of rotatable bonds is 6. The van der Waals surface area contributed by atoms with Crippen molar-refractivity contribution in [3.05, 3.63) is 64.4 Å². The number of H-pyrrole nitrogens is 2. The summed E-state index contributed by atoms with van der Waals surface area (Å²) >= 11 is 0. The van der Waals surface area contributed by atoms with Gasteiger partial charge in [-0.2, -0.15) is 5.11 Å². The molecule has 2 aromatic carbocycles. The molecule has 3 aromatic rings. The summed E-state index contributed by atoms with van der Waals surface area (Å²) < 4.78 is 0. The van der Waals surface area contributed by atoms with Crippen LogP contribution in [-0.4, -0.2) is 26.9 Å². The summed E-state index contributed by atoms with van der Waals surface area (Å²) in [5, 5.41) is 23.1. The molecule has 0 bridgehead atoms. The molecule has 1 heterocycles. The zero-order valence-electron chi connectivity index (χ0n) is 17.2. The Morgan fingerprint density at radius 1 is 1.00 bits per heavy atom. The minimum absolute atomic E-state index is 0.148. The molecule has 31 heavy (non-hydrogen) atoms. The van der Waals surface area contributed by atoms with E-state index in [0.717, 1.165) is 0 Å². The van der Waals surface area contributed by atoms with Gasteiger partial charge in [-0.3, -0.25) is 9.59 Å². The monoisotopic (exact) mass is 422 g/mol. The van der Waals surface area contributed by atoms with Crippen molar-refractivity contribution in [2.24, 2.45) is 16.1 Å². The molecule has 0 atom stereocenters. The first-order valence-electron chi connectivity index (χ1n) is 9.49. The van der Waals surface area contributed by atoms with E-state index >= 15 is 0 Å². The van der Waals surface area contributed by atoms with Crippen LogP contribution in [0.25, 0.3) is 11.0 Å².